The van der Waals surface area contributed by atoms with Crippen LogP contribution in [0.3, 0.4) is 0 Å². The summed E-state index contributed by atoms with van der Waals surface area (Å²) in [6, 6.07) is 4.87. The maximum Gasteiger partial charge on any atom is 0.277 e. The molecule has 15 heavy (non-hydrogen) atoms. The van der Waals surface area contributed by atoms with Crippen LogP contribution in [0.25, 0.3) is 0 Å². The van der Waals surface area contributed by atoms with Crippen molar-refractivity contribution in [1.29, 1.82) is 0 Å². The molecular weight excluding hydrogens is 237 g/mol. The number of hydroxylamine groups is 1. The predicted molar refractivity (Wildman–Crippen MR) is 60.2 cm³/mol. The molecule has 1 N–H and O–H groups in total. The second-order valence-corrected chi connectivity index (χ2v) is 3.69. The summed E-state index contributed by atoms with van der Waals surface area (Å²) in [7, 11) is 0. The Morgan fingerprint density at radius 2 is 2.00 bits per heavy atom. The van der Waals surface area contributed by atoms with Gasteiger partial charge in [0.2, 0.25) is 0 Å². The van der Waals surface area contributed by atoms with Crippen molar-refractivity contribution in [1.82, 2.24) is 5.48 Å². The lowest BCUT2D eigenvalue weighted by Crippen LogP contribution is -2.24. The zero-order chi connectivity index (χ0) is 11.3. The zero-order valence-electron chi connectivity index (χ0n) is 8.22. The van der Waals surface area contributed by atoms with E-state index in [4.69, 9.17) is 28.0 Å². The Bertz CT molecular complexity index is 335. The summed E-state index contributed by atoms with van der Waals surface area (Å²) >= 11 is 11.7. The molecule has 0 aliphatic heterocycles. The Hall–Kier alpha value is -0.770. The van der Waals surface area contributed by atoms with Crippen LogP contribution in [-0.2, 0) is 4.84 Å². The number of amides is 1. The first kappa shape index (κ1) is 12.3. The highest BCUT2D eigenvalue weighted by Crippen LogP contribution is 2.23. The summed E-state index contributed by atoms with van der Waals surface area (Å²) < 4.78 is 0. The van der Waals surface area contributed by atoms with Crippen LogP contribution in [0.1, 0.15) is 23.7 Å². The number of carbonyl (C=O) groups excluding carboxylic acids is 1. The molecule has 0 unspecified atom stereocenters. The van der Waals surface area contributed by atoms with Crippen molar-refractivity contribution >= 4 is 29.1 Å². The van der Waals surface area contributed by atoms with Gasteiger partial charge >= 0.3 is 0 Å². The van der Waals surface area contributed by atoms with Crippen LogP contribution in [-0.4, -0.2) is 12.5 Å². The average Bonchev–Trinajstić information content (AvgIpc) is 2.18. The fourth-order valence-corrected chi connectivity index (χ4v) is 1.55. The first-order valence-electron chi connectivity index (χ1n) is 4.53. The topological polar surface area (TPSA) is 38.3 Å². The maximum absolute atomic E-state index is 11.6. The van der Waals surface area contributed by atoms with E-state index < -0.39 is 5.91 Å². The van der Waals surface area contributed by atoms with Gasteiger partial charge in [0, 0.05) is 0 Å². The first-order chi connectivity index (χ1) is 7.16. The van der Waals surface area contributed by atoms with E-state index in [1.165, 1.54) is 0 Å². The summed E-state index contributed by atoms with van der Waals surface area (Å²) in [5, 5.41) is 0.611. The number of nitrogens with one attached hydrogen (secondary N) is 1. The average molecular weight is 248 g/mol. The molecule has 1 aromatic carbocycles. The highest BCUT2D eigenvalue weighted by atomic mass is 35.5. The molecular formula is C10H11Cl2NO2. The van der Waals surface area contributed by atoms with E-state index in [9.17, 15) is 4.79 Å². The number of hydrogen-bond acceptors (Lipinski definition) is 2. The van der Waals surface area contributed by atoms with E-state index in [0.29, 0.717) is 16.7 Å². The molecule has 1 rings (SSSR count). The van der Waals surface area contributed by atoms with Crippen LogP contribution >= 0.6 is 23.2 Å². The molecule has 1 amide bonds. The molecule has 0 fully saturated rings. The molecule has 0 atom stereocenters. The van der Waals surface area contributed by atoms with E-state index >= 15 is 0 Å². The number of hydrogen-bond donors (Lipinski definition) is 1. The molecule has 0 aromatic heterocycles. The van der Waals surface area contributed by atoms with Crippen LogP contribution in [0.2, 0.25) is 10.0 Å². The van der Waals surface area contributed by atoms with Crippen molar-refractivity contribution in [3.8, 4) is 0 Å². The highest BCUT2D eigenvalue weighted by Gasteiger charge is 2.13. The molecule has 1 aromatic rings. The monoisotopic (exact) mass is 247 g/mol. The second kappa shape index (κ2) is 5.95. The van der Waals surface area contributed by atoms with Crippen LogP contribution in [0.15, 0.2) is 18.2 Å². The van der Waals surface area contributed by atoms with Crippen LogP contribution in [0, 0.1) is 0 Å². The van der Waals surface area contributed by atoms with Crippen molar-refractivity contribution in [2.24, 2.45) is 0 Å². The third kappa shape index (κ3) is 3.38. The molecule has 0 heterocycles. The molecule has 0 aliphatic rings. The Balaban J connectivity index is 2.73. The van der Waals surface area contributed by atoms with Crippen molar-refractivity contribution < 1.29 is 9.63 Å². The standard InChI is InChI=1S/C10H11Cl2NO2/c1-2-6-15-13-10(14)9-7(11)4-3-5-8(9)12/h3-5H,2,6H2,1H3,(H,13,14). The van der Waals surface area contributed by atoms with Gasteiger partial charge in [-0.25, -0.2) is 5.48 Å². The smallest absolute Gasteiger partial charge is 0.273 e. The van der Waals surface area contributed by atoms with Gasteiger partial charge < -0.3 is 0 Å². The first-order valence-corrected chi connectivity index (χ1v) is 5.28. The van der Waals surface area contributed by atoms with Crippen molar-refractivity contribution in [2.75, 3.05) is 6.61 Å². The molecule has 5 heteroatoms. The molecule has 3 nitrogen and oxygen atoms in total. The van der Waals surface area contributed by atoms with Gasteiger partial charge in [-0.1, -0.05) is 36.2 Å². The second-order valence-electron chi connectivity index (χ2n) is 2.88. The minimum Gasteiger partial charge on any atom is -0.273 e. The van der Waals surface area contributed by atoms with Crippen LogP contribution < -0.4 is 5.48 Å². The van der Waals surface area contributed by atoms with Crippen molar-refractivity contribution in [2.45, 2.75) is 13.3 Å². The van der Waals surface area contributed by atoms with E-state index in [2.05, 4.69) is 5.48 Å². The minimum atomic E-state index is -0.431. The van der Waals surface area contributed by atoms with E-state index in [1.807, 2.05) is 6.92 Å². The van der Waals surface area contributed by atoms with Gasteiger partial charge in [-0.05, 0) is 18.6 Å². The largest absolute Gasteiger partial charge is 0.277 e. The molecule has 0 aliphatic carbocycles. The summed E-state index contributed by atoms with van der Waals surface area (Å²) in [5.74, 6) is -0.431. The Morgan fingerprint density at radius 1 is 1.40 bits per heavy atom. The zero-order valence-corrected chi connectivity index (χ0v) is 9.73. The molecule has 0 bridgehead atoms. The molecule has 0 saturated carbocycles. The number of carbonyl (C=O) groups is 1. The summed E-state index contributed by atoms with van der Waals surface area (Å²) in [5.41, 5.74) is 2.51. The van der Waals surface area contributed by atoms with E-state index in [-0.39, 0.29) is 5.56 Å². The molecule has 82 valence electrons. The van der Waals surface area contributed by atoms with Gasteiger partial charge in [0.15, 0.2) is 0 Å². The van der Waals surface area contributed by atoms with Gasteiger partial charge in [0.05, 0.1) is 22.2 Å². The highest BCUT2D eigenvalue weighted by molar-refractivity contribution is 6.39. The van der Waals surface area contributed by atoms with E-state index in [0.717, 1.165) is 6.42 Å². The summed E-state index contributed by atoms with van der Waals surface area (Å²) in [6.45, 7) is 2.39. The number of benzene rings is 1. The van der Waals surface area contributed by atoms with Crippen molar-refractivity contribution in [3.05, 3.63) is 33.8 Å². The summed E-state index contributed by atoms with van der Waals surface area (Å²) in [4.78, 5) is 16.4. The SMILES string of the molecule is CCCONC(=O)c1c(Cl)cccc1Cl. The lowest BCUT2D eigenvalue weighted by atomic mass is 10.2. The van der Waals surface area contributed by atoms with Gasteiger partial charge in [0.1, 0.15) is 0 Å². The molecule has 0 spiro atoms. The Labute approximate surface area is 98.3 Å². The normalized spacial score (nSPS) is 10.1. The fraction of sp³-hybridized carbons (Fsp3) is 0.300. The third-order valence-corrected chi connectivity index (χ3v) is 2.29. The minimum absolute atomic E-state index is 0.233. The van der Waals surface area contributed by atoms with Gasteiger partial charge in [-0.15, -0.1) is 0 Å². The van der Waals surface area contributed by atoms with Crippen LogP contribution in [0.4, 0.5) is 0 Å². The lowest BCUT2D eigenvalue weighted by Gasteiger charge is -2.07. The van der Waals surface area contributed by atoms with Gasteiger partial charge in [-0.3, -0.25) is 9.63 Å². The number of halogens is 2. The van der Waals surface area contributed by atoms with Gasteiger partial charge in [-0.2, -0.15) is 0 Å². The van der Waals surface area contributed by atoms with E-state index in [1.54, 1.807) is 18.2 Å². The lowest BCUT2D eigenvalue weighted by molar-refractivity contribution is 0.0315. The molecule has 0 saturated heterocycles. The Kier molecular flexibility index (Phi) is 4.88. The third-order valence-electron chi connectivity index (χ3n) is 1.66. The fourth-order valence-electron chi connectivity index (χ4n) is 0.984. The molecule has 0 radical (unpaired) electrons. The predicted octanol–water partition coefficient (Wildman–Crippen LogP) is 3.06. The quantitative estimate of drug-likeness (QED) is 0.656. The van der Waals surface area contributed by atoms with Crippen LogP contribution in [0.5, 0.6) is 0 Å². The van der Waals surface area contributed by atoms with Crippen molar-refractivity contribution in [3.63, 3.8) is 0 Å². The van der Waals surface area contributed by atoms with Gasteiger partial charge in [0.25, 0.3) is 5.91 Å². The number of rotatable bonds is 4. The Morgan fingerprint density at radius 3 is 2.53 bits per heavy atom. The maximum atomic E-state index is 11.6. The summed E-state index contributed by atoms with van der Waals surface area (Å²) in [6.07, 6.45) is 0.816.